The molecular weight excluding hydrogens is 302 g/mol. The Labute approximate surface area is 116 Å². The van der Waals surface area contributed by atoms with E-state index in [1.807, 2.05) is 6.07 Å². The molecule has 1 aromatic rings. The summed E-state index contributed by atoms with van der Waals surface area (Å²) in [6, 6.07) is 2.94. The minimum atomic E-state index is 0.465. The van der Waals surface area contributed by atoms with E-state index in [-0.39, 0.29) is 0 Å². The Morgan fingerprint density at radius 3 is 3.00 bits per heavy atom. The number of halogens is 2. The van der Waals surface area contributed by atoms with Crippen LogP contribution < -0.4 is 5.32 Å². The summed E-state index contributed by atoms with van der Waals surface area (Å²) in [5.41, 5.74) is 0. The van der Waals surface area contributed by atoms with Crippen LogP contribution in [0, 0.1) is 0 Å². The van der Waals surface area contributed by atoms with Gasteiger partial charge in [0.15, 0.2) is 0 Å². The molecule has 1 aliphatic heterocycles. The van der Waals surface area contributed by atoms with Gasteiger partial charge in [-0.05, 0) is 48.8 Å². The number of rotatable bonds is 2. The zero-order valence-electron chi connectivity index (χ0n) is 10.1. The predicted octanol–water partition coefficient (Wildman–Crippen LogP) is 3.39. The van der Waals surface area contributed by atoms with Crippen LogP contribution in [0.3, 0.4) is 0 Å². The number of piperidine rings is 1. The van der Waals surface area contributed by atoms with Crippen molar-refractivity contribution in [2.24, 2.45) is 0 Å². The van der Waals surface area contributed by atoms with Gasteiger partial charge in [-0.15, -0.1) is 0 Å². The number of aromatic nitrogens is 1. The van der Waals surface area contributed by atoms with E-state index in [0.29, 0.717) is 17.1 Å². The minimum Gasteiger partial charge on any atom is -0.366 e. The van der Waals surface area contributed by atoms with E-state index in [9.17, 15) is 0 Å². The van der Waals surface area contributed by atoms with Gasteiger partial charge in [-0.25, -0.2) is 4.98 Å². The van der Waals surface area contributed by atoms with E-state index >= 15 is 0 Å². The van der Waals surface area contributed by atoms with Gasteiger partial charge in [-0.3, -0.25) is 0 Å². The number of hydrogen-bond acceptors (Lipinski definition) is 3. The Morgan fingerprint density at radius 2 is 2.35 bits per heavy atom. The van der Waals surface area contributed by atoms with Gasteiger partial charge >= 0.3 is 0 Å². The lowest BCUT2D eigenvalue weighted by molar-refractivity contribution is 0.190. The van der Waals surface area contributed by atoms with Crippen molar-refractivity contribution in [1.82, 2.24) is 9.88 Å². The Hall–Kier alpha value is -0.320. The van der Waals surface area contributed by atoms with E-state index in [1.54, 1.807) is 6.20 Å². The van der Waals surface area contributed by atoms with E-state index in [4.69, 9.17) is 11.6 Å². The van der Waals surface area contributed by atoms with E-state index in [0.717, 1.165) is 29.7 Å². The maximum Gasteiger partial charge on any atom is 0.145 e. The molecule has 2 heterocycles. The average Bonchev–Trinajstić information content (AvgIpc) is 2.27. The van der Waals surface area contributed by atoms with Gasteiger partial charge in [0, 0.05) is 29.3 Å². The first-order valence-electron chi connectivity index (χ1n) is 5.84. The molecule has 0 amide bonds. The lowest BCUT2D eigenvalue weighted by Crippen LogP contribution is -2.42. The molecule has 5 heteroatoms. The topological polar surface area (TPSA) is 28.2 Å². The van der Waals surface area contributed by atoms with Crippen molar-refractivity contribution in [2.45, 2.75) is 31.8 Å². The monoisotopic (exact) mass is 317 g/mol. The summed E-state index contributed by atoms with van der Waals surface area (Å²) < 4.78 is 0.907. The fourth-order valence-electron chi connectivity index (χ4n) is 2.13. The first kappa shape index (κ1) is 13.1. The van der Waals surface area contributed by atoms with Crippen LogP contribution >= 0.6 is 27.5 Å². The largest absolute Gasteiger partial charge is 0.366 e. The highest BCUT2D eigenvalue weighted by Gasteiger charge is 2.23. The number of pyridine rings is 1. The van der Waals surface area contributed by atoms with Gasteiger partial charge in [-0.1, -0.05) is 11.6 Å². The quantitative estimate of drug-likeness (QED) is 0.906. The first-order valence-corrected chi connectivity index (χ1v) is 7.01. The number of hydrogen-bond donors (Lipinski definition) is 1. The number of anilines is 1. The van der Waals surface area contributed by atoms with Crippen molar-refractivity contribution in [3.05, 3.63) is 21.8 Å². The second-order valence-electron chi connectivity index (χ2n) is 4.68. The van der Waals surface area contributed by atoms with Crippen molar-refractivity contribution in [2.75, 3.05) is 18.9 Å². The molecule has 1 fully saturated rings. The highest BCUT2D eigenvalue weighted by Crippen LogP contribution is 2.26. The molecule has 94 valence electrons. The lowest BCUT2D eigenvalue weighted by atomic mass is 9.99. The molecule has 1 N–H and O–H groups in total. The van der Waals surface area contributed by atoms with Crippen LogP contribution in [0.25, 0.3) is 0 Å². The Bertz CT molecular complexity index is 399. The number of likely N-dealkylation sites (tertiary alicyclic amines) is 1. The second-order valence-corrected chi connectivity index (χ2v) is 6.00. The molecule has 2 atom stereocenters. The summed E-state index contributed by atoms with van der Waals surface area (Å²) in [6.45, 7) is 3.37. The van der Waals surface area contributed by atoms with Crippen molar-refractivity contribution >= 4 is 33.3 Å². The van der Waals surface area contributed by atoms with Crippen LogP contribution in [0.15, 0.2) is 16.7 Å². The molecule has 1 aromatic heterocycles. The molecule has 0 aliphatic carbocycles. The Balaban J connectivity index is 2.01. The molecule has 0 radical (unpaired) electrons. The smallest absolute Gasteiger partial charge is 0.145 e. The fraction of sp³-hybridized carbons (Fsp3) is 0.583. The molecule has 17 heavy (non-hydrogen) atoms. The standard InChI is InChI=1S/C12H17BrClN3/c1-8-5-10(3-4-17(8)2)16-12-11(14)6-9(13)7-15-12/h6-8,10H,3-5H2,1-2H3,(H,15,16). The molecule has 2 rings (SSSR count). The SMILES string of the molecule is CC1CC(Nc2ncc(Br)cc2Cl)CCN1C. The van der Waals surface area contributed by atoms with Crippen molar-refractivity contribution in [3.8, 4) is 0 Å². The summed E-state index contributed by atoms with van der Waals surface area (Å²) in [7, 11) is 2.17. The molecular formula is C12H17BrClN3. The predicted molar refractivity (Wildman–Crippen MR) is 75.7 cm³/mol. The third-order valence-corrected chi connectivity index (χ3v) is 4.08. The first-order chi connectivity index (χ1) is 8.06. The molecule has 0 spiro atoms. The second kappa shape index (κ2) is 5.55. The highest BCUT2D eigenvalue weighted by molar-refractivity contribution is 9.10. The van der Waals surface area contributed by atoms with Crippen LogP contribution in [-0.4, -0.2) is 35.6 Å². The third kappa shape index (κ3) is 3.33. The van der Waals surface area contributed by atoms with Gasteiger partial charge in [0.1, 0.15) is 5.82 Å². The molecule has 1 saturated heterocycles. The minimum absolute atomic E-state index is 0.465. The van der Waals surface area contributed by atoms with Crippen LogP contribution in [0.1, 0.15) is 19.8 Å². The van der Waals surface area contributed by atoms with Crippen LogP contribution in [0.5, 0.6) is 0 Å². The van der Waals surface area contributed by atoms with Crippen LogP contribution in [0.4, 0.5) is 5.82 Å². The van der Waals surface area contributed by atoms with E-state index in [1.165, 1.54) is 0 Å². The summed E-state index contributed by atoms with van der Waals surface area (Å²) in [4.78, 5) is 6.70. The van der Waals surface area contributed by atoms with Crippen LogP contribution in [0.2, 0.25) is 5.02 Å². The zero-order valence-corrected chi connectivity index (χ0v) is 12.4. The number of nitrogens with one attached hydrogen (secondary N) is 1. The Morgan fingerprint density at radius 1 is 1.59 bits per heavy atom. The van der Waals surface area contributed by atoms with Gasteiger partial charge in [0.05, 0.1) is 5.02 Å². The molecule has 2 unspecified atom stereocenters. The van der Waals surface area contributed by atoms with Crippen molar-refractivity contribution in [3.63, 3.8) is 0 Å². The molecule has 0 aromatic carbocycles. The summed E-state index contributed by atoms with van der Waals surface area (Å²) in [5.74, 6) is 0.789. The lowest BCUT2D eigenvalue weighted by Gasteiger charge is -2.35. The third-order valence-electron chi connectivity index (χ3n) is 3.36. The molecule has 0 saturated carbocycles. The number of nitrogens with zero attached hydrogens (tertiary/aromatic N) is 2. The zero-order chi connectivity index (χ0) is 12.4. The maximum atomic E-state index is 6.15. The van der Waals surface area contributed by atoms with E-state index < -0.39 is 0 Å². The summed E-state index contributed by atoms with van der Waals surface area (Å²) >= 11 is 9.51. The Kier molecular flexibility index (Phi) is 4.28. The van der Waals surface area contributed by atoms with Gasteiger partial charge in [0.25, 0.3) is 0 Å². The summed E-state index contributed by atoms with van der Waals surface area (Å²) in [5, 5.41) is 4.11. The highest BCUT2D eigenvalue weighted by atomic mass is 79.9. The molecule has 1 aliphatic rings. The molecule has 3 nitrogen and oxygen atoms in total. The van der Waals surface area contributed by atoms with Gasteiger partial charge in [-0.2, -0.15) is 0 Å². The maximum absolute atomic E-state index is 6.15. The normalized spacial score (nSPS) is 25.9. The average molecular weight is 319 g/mol. The van der Waals surface area contributed by atoms with Crippen molar-refractivity contribution < 1.29 is 0 Å². The van der Waals surface area contributed by atoms with E-state index in [2.05, 4.69) is 45.1 Å². The van der Waals surface area contributed by atoms with Gasteiger partial charge < -0.3 is 10.2 Å². The fourth-order valence-corrected chi connectivity index (χ4v) is 2.82. The van der Waals surface area contributed by atoms with Crippen molar-refractivity contribution in [1.29, 1.82) is 0 Å². The summed E-state index contributed by atoms with van der Waals surface area (Å²) in [6.07, 6.45) is 4.03. The van der Waals surface area contributed by atoms with Crippen LogP contribution in [-0.2, 0) is 0 Å². The molecule has 0 bridgehead atoms. The van der Waals surface area contributed by atoms with Gasteiger partial charge in [0.2, 0.25) is 0 Å².